The molecule has 1 saturated heterocycles. The number of aromatic hydroxyl groups is 1. The number of hydrogen-bond acceptors (Lipinski definition) is 4. The second-order valence-corrected chi connectivity index (χ2v) is 7.09. The van der Waals surface area contributed by atoms with Crippen molar-refractivity contribution >= 4 is 16.6 Å². The van der Waals surface area contributed by atoms with Gasteiger partial charge >= 0.3 is 0 Å². The van der Waals surface area contributed by atoms with Gasteiger partial charge in [-0.2, -0.15) is 0 Å². The molecule has 1 aromatic carbocycles. The maximum absolute atomic E-state index is 10.9. The first-order valence-electron chi connectivity index (χ1n) is 8.70. The summed E-state index contributed by atoms with van der Waals surface area (Å²) in [5.41, 5.74) is 4.03. The molecule has 4 rings (SSSR count). The van der Waals surface area contributed by atoms with Crippen LogP contribution in [-0.2, 0) is 15.9 Å². The van der Waals surface area contributed by atoms with Crippen LogP contribution in [0, 0.1) is 5.92 Å². The van der Waals surface area contributed by atoms with Crippen LogP contribution in [0.3, 0.4) is 0 Å². The number of fused-ring (bicyclic) bond motifs is 1. The fourth-order valence-electron chi connectivity index (χ4n) is 3.58. The molecule has 24 heavy (non-hydrogen) atoms. The summed E-state index contributed by atoms with van der Waals surface area (Å²) in [6.07, 6.45) is 1.02. The van der Waals surface area contributed by atoms with Gasteiger partial charge in [0.2, 0.25) is 5.88 Å². The average Bonchev–Trinajstić information content (AvgIpc) is 2.78. The lowest BCUT2D eigenvalue weighted by Gasteiger charge is -2.28. The van der Waals surface area contributed by atoms with Gasteiger partial charge in [0.25, 0.3) is 0 Å². The van der Waals surface area contributed by atoms with Crippen molar-refractivity contribution in [1.82, 2.24) is 4.57 Å². The maximum atomic E-state index is 10.9. The van der Waals surface area contributed by atoms with Crippen LogP contribution in [0.1, 0.15) is 31.0 Å². The lowest BCUT2D eigenvalue weighted by molar-refractivity contribution is -0.0238. The summed E-state index contributed by atoms with van der Waals surface area (Å²) in [4.78, 5) is 4.60. The Labute approximate surface area is 141 Å². The third-order valence-corrected chi connectivity index (χ3v) is 4.74. The normalized spacial score (nSPS) is 18.9. The summed E-state index contributed by atoms with van der Waals surface area (Å²) in [6.45, 7) is 7.50. The van der Waals surface area contributed by atoms with E-state index in [0.29, 0.717) is 44.8 Å². The van der Waals surface area contributed by atoms with Crippen molar-refractivity contribution in [2.24, 2.45) is 10.9 Å². The summed E-state index contributed by atoms with van der Waals surface area (Å²) in [5, 5.41) is 12.0. The van der Waals surface area contributed by atoms with Crippen molar-refractivity contribution in [2.75, 3.05) is 33.0 Å². The number of aliphatic imine (C=N–C) groups is 1. The summed E-state index contributed by atoms with van der Waals surface area (Å²) in [6, 6.07) is 6.69. The molecule has 1 aromatic heterocycles. The smallest absolute Gasteiger partial charge is 0.201 e. The minimum absolute atomic E-state index is 0.197. The lowest BCUT2D eigenvalue weighted by Crippen LogP contribution is -2.30. The molecule has 0 radical (unpaired) electrons. The summed E-state index contributed by atoms with van der Waals surface area (Å²) < 4.78 is 12.9. The monoisotopic (exact) mass is 328 g/mol. The topological polar surface area (TPSA) is 56.0 Å². The van der Waals surface area contributed by atoms with Crippen LogP contribution in [0.15, 0.2) is 23.2 Å². The Morgan fingerprint density at radius 2 is 2.12 bits per heavy atom. The Morgan fingerprint density at radius 3 is 2.75 bits per heavy atom. The van der Waals surface area contributed by atoms with E-state index in [2.05, 4.69) is 37.0 Å². The molecule has 0 amide bonds. The lowest BCUT2D eigenvalue weighted by atomic mass is 9.99. The fraction of sp³-hybridized carbons (Fsp3) is 0.526. The molecule has 0 unspecified atom stereocenters. The SMILES string of the molecule is CC(C)Cc1ccc2c(c1)c(C1=NCCOC1)c(O)n2C1COC1. The van der Waals surface area contributed by atoms with Gasteiger partial charge in [0.05, 0.1) is 55.8 Å². The van der Waals surface area contributed by atoms with E-state index in [1.807, 2.05) is 4.57 Å². The second kappa shape index (κ2) is 6.22. The number of aromatic nitrogens is 1. The van der Waals surface area contributed by atoms with Gasteiger partial charge in [-0.3, -0.25) is 4.99 Å². The molecular weight excluding hydrogens is 304 g/mol. The van der Waals surface area contributed by atoms with Crippen molar-refractivity contribution in [3.05, 3.63) is 29.3 Å². The highest BCUT2D eigenvalue weighted by Gasteiger charge is 2.29. The zero-order chi connectivity index (χ0) is 16.7. The van der Waals surface area contributed by atoms with E-state index in [0.717, 1.165) is 28.6 Å². The van der Waals surface area contributed by atoms with Crippen LogP contribution in [0.4, 0.5) is 0 Å². The van der Waals surface area contributed by atoms with Gasteiger partial charge in [-0.25, -0.2) is 0 Å². The van der Waals surface area contributed by atoms with Crippen molar-refractivity contribution in [2.45, 2.75) is 26.3 Å². The number of rotatable bonds is 4. The Morgan fingerprint density at radius 1 is 1.29 bits per heavy atom. The molecule has 2 aromatic rings. The second-order valence-electron chi connectivity index (χ2n) is 7.09. The highest BCUT2D eigenvalue weighted by atomic mass is 16.5. The Bertz CT molecular complexity index is 787. The Hall–Kier alpha value is -1.85. The quantitative estimate of drug-likeness (QED) is 0.939. The van der Waals surface area contributed by atoms with E-state index in [1.54, 1.807) is 0 Å². The minimum Gasteiger partial charge on any atom is -0.494 e. The van der Waals surface area contributed by atoms with Crippen molar-refractivity contribution in [1.29, 1.82) is 0 Å². The highest BCUT2D eigenvalue weighted by molar-refractivity contribution is 6.14. The van der Waals surface area contributed by atoms with Crippen LogP contribution in [0.2, 0.25) is 0 Å². The van der Waals surface area contributed by atoms with E-state index in [9.17, 15) is 5.11 Å². The first kappa shape index (κ1) is 15.7. The number of ether oxygens (including phenoxy) is 2. The number of hydrogen-bond donors (Lipinski definition) is 1. The van der Waals surface area contributed by atoms with Crippen LogP contribution >= 0.6 is 0 Å². The van der Waals surface area contributed by atoms with Crippen molar-refractivity contribution in [3.8, 4) is 5.88 Å². The molecule has 0 bridgehead atoms. The summed E-state index contributed by atoms with van der Waals surface area (Å²) >= 11 is 0. The molecule has 128 valence electrons. The highest BCUT2D eigenvalue weighted by Crippen LogP contribution is 2.38. The van der Waals surface area contributed by atoms with Crippen molar-refractivity contribution in [3.63, 3.8) is 0 Å². The number of benzene rings is 1. The first-order valence-corrected chi connectivity index (χ1v) is 8.70. The average molecular weight is 328 g/mol. The summed E-state index contributed by atoms with van der Waals surface area (Å²) in [7, 11) is 0. The van der Waals surface area contributed by atoms with Gasteiger partial charge in [-0.05, 0) is 30.0 Å². The third kappa shape index (κ3) is 2.62. The minimum atomic E-state index is 0.197. The molecule has 0 aliphatic carbocycles. The molecule has 0 atom stereocenters. The maximum Gasteiger partial charge on any atom is 0.201 e. The molecule has 2 aliphatic rings. The molecular formula is C19H24N2O3. The van der Waals surface area contributed by atoms with E-state index in [4.69, 9.17) is 9.47 Å². The largest absolute Gasteiger partial charge is 0.494 e. The van der Waals surface area contributed by atoms with E-state index in [1.165, 1.54) is 5.56 Å². The molecule has 0 spiro atoms. The van der Waals surface area contributed by atoms with Gasteiger partial charge in [-0.1, -0.05) is 19.9 Å². The van der Waals surface area contributed by atoms with Gasteiger partial charge in [0.1, 0.15) is 0 Å². The molecule has 2 aliphatic heterocycles. The third-order valence-electron chi connectivity index (χ3n) is 4.74. The molecule has 1 fully saturated rings. The standard InChI is InChI=1S/C19H24N2O3/c1-12(2)7-13-3-4-17-15(8-13)18(16-11-23-6-5-20-16)19(22)21(17)14-9-24-10-14/h3-4,8,12,14,22H,5-7,9-11H2,1-2H3. The van der Waals surface area contributed by atoms with Gasteiger partial charge in [-0.15, -0.1) is 0 Å². The van der Waals surface area contributed by atoms with Crippen molar-refractivity contribution < 1.29 is 14.6 Å². The van der Waals surface area contributed by atoms with E-state index >= 15 is 0 Å². The Kier molecular flexibility index (Phi) is 4.06. The zero-order valence-corrected chi connectivity index (χ0v) is 14.3. The predicted octanol–water partition coefficient (Wildman–Crippen LogP) is 2.94. The fourth-order valence-corrected chi connectivity index (χ4v) is 3.58. The van der Waals surface area contributed by atoms with E-state index < -0.39 is 0 Å². The predicted molar refractivity (Wildman–Crippen MR) is 94.2 cm³/mol. The van der Waals surface area contributed by atoms with Crippen LogP contribution < -0.4 is 0 Å². The van der Waals surface area contributed by atoms with Gasteiger partial charge < -0.3 is 19.1 Å². The molecule has 5 heteroatoms. The summed E-state index contributed by atoms with van der Waals surface area (Å²) in [5.74, 6) is 0.890. The van der Waals surface area contributed by atoms with Gasteiger partial charge in [0.15, 0.2) is 0 Å². The van der Waals surface area contributed by atoms with Crippen LogP contribution in [0.5, 0.6) is 5.88 Å². The first-order chi connectivity index (χ1) is 11.6. The molecule has 5 nitrogen and oxygen atoms in total. The Balaban J connectivity index is 1.90. The number of nitrogens with zero attached hydrogens (tertiary/aromatic N) is 2. The molecule has 1 N–H and O–H groups in total. The molecule has 0 saturated carbocycles. The van der Waals surface area contributed by atoms with Crippen LogP contribution in [-0.4, -0.2) is 48.4 Å². The van der Waals surface area contributed by atoms with Gasteiger partial charge in [0, 0.05) is 5.39 Å². The van der Waals surface area contributed by atoms with E-state index in [-0.39, 0.29) is 6.04 Å². The molecule has 3 heterocycles. The zero-order valence-electron chi connectivity index (χ0n) is 14.3. The van der Waals surface area contributed by atoms with Crippen LogP contribution in [0.25, 0.3) is 10.9 Å².